The molecule has 0 aromatic heterocycles. The van der Waals surface area contributed by atoms with Crippen LogP contribution in [-0.2, 0) is 21.4 Å². The van der Waals surface area contributed by atoms with Crippen LogP contribution in [0, 0.1) is 13.8 Å². The van der Waals surface area contributed by atoms with E-state index in [2.05, 4.69) is 16.1 Å². The third kappa shape index (κ3) is 7.51. The van der Waals surface area contributed by atoms with Crippen molar-refractivity contribution in [3.05, 3.63) is 59.2 Å². The van der Waals surface area contributed by atoms with Crippen molar-refractivity contribution < 1.29 is 17.9 Å². The lowest BCUT2D eigenvalue weighted by atomic mass is 10.1. The molecule has 0 fully saturated rings. The Morgan fingerprint density at radius 1 is 1.03 bits per heavy atom. The predicted molar refractivity (Wildman–Crippen MR) is 114 cm³/mol. The van der Waals surface area contributed by atoms with Gasteiger partial charge in [0, 0.05) is 12.1 Å². The number of amides is 1. The van der Waals surface area contributed by atoms with Gasteiger partial charge in [-0.1, -0.05) is 24.3 Å². The molecule has 0 unspecified atom stereocenters. The number of carbonyl (C=O) groups is 1. The van der Waals surface area contributed by atoms with Crippen molar-refractivity contribution >= 4 is 15.9 Å². The highest BCUT2D eigenvalue weighted by Crippen LogP contribution is 2.18. The third-order valence-corrected chi connectivity index (χ3v) is 5.83. The first-order chi connectivity index (χ1) is 13.5. The molecule has 0 heterocycles. The van der Waals surface area contributed by atoms with Crippen LogP contribution in [0.15, 0.2) is 47.4 Å². The maximum Gasteiger partial charge on any atom is 0.241 e. The maximum absolute atomic E-state index is 12.7. The number of aryl methyl sites for hydroxylation is 2. The highest BCUT2D eigenvalue weighted by molar-refractivity contribution is 7.89. The van der Waals surface area contributed by atoms with E-state index in [1.54, 1.807) is 45.0 Å². The van der Waals surface area contributed by atoms with Crippen LogP contribution in [0.5, 0.6) is 5.75 Å². The van der Waals surface area contributed by atoms with Gasteiger partial charge in [0.1, 0.15) is 5.75 Å². The second kappa shape index (κ2) is 9.41. The average molecular weight is 419 g/mol. The first-order valence-corrected chi connectivity index (χ1v) is 11.0. The lowest BCUT2D eigenvalue weighted by Crippen LogP contribution is -2.41. The van der Waals surface area contributed by atoms with Gasteiger partial charge in [-0.05, 0) is 69.5 Å². The fourth-order valence-electron chi connectivity index (χ4n) is 2.93. The lowest BCUT2D eigenvalue weighted by Gasteiger charge is -2.21. The van der Waals surface area contributed by atoms with Crippen molar-refractivity contribution in [2.75, 3.05) is 6.61 Å². The van der Waals surface area contributed by atoms with Gasteiger partial charge >= 0.3 is 0 Å². The number of carbonyl (C=O) groups excluding carboxylic acids is 1. The van der Waals surface area contributed by atoms with E-state index in [-0.39, 0.29) is 30.4 Å². The van der Waals surface area contributed by atoms with Gasteiger partial charge in [0.2, 0.25) is 15.9 Å². The molecule has 1 amide bonds. The Morgan fingerprint density at radius 3 is 2.28 bits per heavy atom. The summed E-state index contributed by atoms with van der Waals surface area (Å²) in [4.78, 5) is 12.3. The summed E-state index contributed by atoms with van der Waals surface area (Å²) >= 11 is 0. The first kappa shape index (κ1) is 22.9. The summed E-state index contributed by atoms with van der Waals surface area (Å²) in [6, 6.07) is 12.6. The van der Waals surface area contributed by atoms with Crippen LogP contribution >= 0.6 is 0 Å². The van der Waals surface area contributed by atoms with Crippen molar-refractivity contribution in [1.82, 2.24) is 10.0 Å². The van der Waals surface area contributed by atoms with Gasteiger partial charge in [-0.2, -0.15) is 0 Å². The van der Waals surface area contributed by atoms with Crippen molar-refractivity contribution in [1.29, 1.82) is 0 Å². The summed E-state index contributed by atoms with van der Waals surface area (Å²) in [6.07, 6.45) is 0.183. The van der Waals surface area contributed by atoms with Crippen LogP contribution in [0.4, 0.5) is 0 Å². The molecule has 0 aliphatic carbocycles. The SMILES string of the molecule is Cc1cc(C)cc(OCCC(=O)NCc2ccccc2S(=O)(=O)NC(C)(C)C)c1. The Balaban J connectivity index is 1.93. The molecule has 6 nitrogen and oxygen atoms in total. The number of hydrogen-bond donors (Lipinski definition) is 2. The Labute approximate surface area is 173 Å². The van der Waals surface area contributed by atoms with E-state index in [9.17, 15) is 13.2 Å². The average Bonchev–Trinajstić information content (AvgIpc) is 2.57. The number of benzene rings is 2. The molecule has 2 rings (SSSR count). The summed E-state index contributed by atoms with van der Waals surface area (Å²) in [6.45, 7) is 9.71. The minimum absolute atomic E-state index is 0.129. The molecular weight excluding hydrogens is 388 g/mol. The molecule has 7 heteroatoms. The van der Waals surface area contributed by atoms with Crippen molar-refractivity contribution in [3.63, 3.8) is 0 Å². The maximum atomic E-state index is 12.7. The van der Waals surface area contributed by atoms with Crippen LogP contribution in [-0.4, -0.2) is 26.5 Å². The topological polar surface area (TPSA) is 84.5 Å². The Hall–Kier alpha value is -2.38. The standard InChI is InChI=1S/C22H30N2O4S/c1-16-12-17(2)14-19(13-16)28-11-10-21(25)23-15-18-8-6-7-9-20(18)29(26,27)24-22(3,4)5/h6-9,12-14,24H,10-11,15H2,1-5H3,(H,23,25). The Bertz CT molecular complexity index is 943. The normalized spacial score (nSPS) is 11.9. The van der Waals surface area contributed by atoms with Crippen LogP contribution < -0.4 is 14.8 Å². The van der Waals surface area contributed by atoms with Gasteiger partial charge in [0.15, 0.2) is 0 Å². The first-order valence-electron chi connectivity index (χ1n) is 9.56. The number of sulfonamides is 1. The summed E-state index contributed by atoms with van der Waals surface area (Å²) in [5.74, 6) is 0.533. The van der Waals surface area contributed by atoms with Crippen molar-refractivity contribution in [3.8, 4) is 5.75 Å². The Morgan fingerprint density at radius 2 is 1.66 bits per heavy atom. The van der Waals surface area contributed by atoms with Gasteiger partial charge < -0.3 is 10.1 Å². The fraction of sp³-hybridized carbons (Fsp3) is 0.409. The molecule has 0 aliphatic rings. The highest BCUT2D eigenvalue weighted by atomic mass is 32.2. The minimum Gasteiger partial charge on any atom is -0.493 e. The summed E-state index contributed by atoms with van der Waals surface area (Å²) in [5.41, 5.74) is 2.14. The molecule has 0 aliphatic heterocycles. The molecule has 0 saturated carbocycles. The Kier molecular flexibility index (Phi) is 7.43. The van der Waals surface area contributed by atoms with E-state index in [1.165, 1.54) is 0 Å². The van der Waals surface area contributed by atoms with Gasteiger partial charge in [-0.15, -0.1) is 0 Å². The number of hydrogen-bond acceptors (Lipinski definition) is 4. The van der Waals surface area contributed by atoms with Crippen molar-refractivity contribution in [2.24, 2.45) is 0 Å². The molecule has 29 heavy (non-hydrogen) atoms. The smallest absolute Gasteiger partial charge is 0.241 e. The van der Waals surface area contributed by atoms with E-state index >= 15 is 0 Å². The van der Waals surface area contributed by atoms with E-state index in [4.69, 9.17) is 4.74 Å². The molecule has 158 valence electrons. The molecule has 0 spiro atoms. The van der Waals surface area contributed by atoms with Crippen LogP contribution in [0.2, 0.25) is 0 Å². The number of ether oxygens (including phenoxy) is 1. The zero-order chi connectivity index (χ0) is 21.7. The minimum atomic E-state index is -3.68. The predicted octanol–water partition coefficient (Wildman–Crippen LogP) is 3.47. The molecule has 2 aromatic carbocycles. The van der Waals surface area contributed by atoms with Crippen LogP contribution in [0.3, 0.4) is 0 Å². The summed E-state index contributed by atoms with van der Waals surface area (Å²) in [5, 5.41) is 2.77. The number of nitrogens with one attached hydrogen (secondary N) is 2. The van der Waals surface area contributed by atoms with E-state index < -0.39 is 15.6 Å². The molecule has 2 aromatic rings. The van der Waals surface area contributed by atoms with Gasteiger partial charge in [-0.3, -0.25) is 4.79 Å². The fourth-order valence-corrected chi connectivity index (χ4v) is 4.59. The monoisotopic (exact) mass is 418 g/mol. The van der Waals surface area contributed by atoms with Gasteiger partial charge in [-0.25, -0.2) is 13.1 Å². The zero-order valence-electron chi connectivity index (χ0n) is 17.7. The molecular formula is C22H30N2O4S. The van der Waals surface area contributed by atoms with Crippen molar-refractivity contribution in [2.45, 2.75) is 58.0 Å². The summed E-state index contributed by atoms with van der Waals surface area (Å²) in [7, 11) is -3.68. The summed E-state index contributed by atoms with van der Waals surface area (Å²) < 4.78 is 33.6. The van der Waals surface area contributed by atoms with E-state index in [1.807, 2.05) is 26.0 Å². The quantitative estimate of drug-likeness (QED) is 0.688. The van der Waals surface area contributed by atoms with E-state index in [0.29, 0.717) is 5.56 Å². The van der Waals surface area contributed by atoms with Gasteiger partial charge in [0.05, 0.1) is 17.9 Å². The second-order valence-electron chi connectivity index (χ2n) is 8.16. The zero-order valence-corrected chi connectivity index (χ0v) is 18.5. The van der Waals surface area contributed by atoms with Crippen LogP contribution in [0.1, 0.15) is 43.9 Å². The second-order valence-corrected chi connectivity index (χ2v) is 9.81. The molecule has 0 radical (unpaired) electrons. The molecule has 0 saturated heterocycles. The molecule has 2 N–H and O–H groups in total. The van der Waals surface area contributed by atoms with Gasteiger partial charge in [0.25, 0.3) is 0 Å². The van der Waals surface area contributed by atoms with E-state index in [0.717, 1.165) is 16.9 Å². The van der Waals surface area contributed by atoms with Crippen LogP contribution in [0.25, 0.3) is 0 Å². The lowest BCUT2D eigenvalue weighted by molar-refractivity contribution is -0.121. The number of rotatable bonds is 8. The largest absolute Gasteiger partial charge is 0.493 e. The third-order valence-electron chi connectivity index (χ3n) is 3.97. The molecule has 0 atom stereocenters. The molecule has 0 bridgehead atoms. The highest BCUT2D eigenvalue weighted by Gasteiger charge is 2.24.